The van der Waals surface area contributed by atoms with Gasteiger partial charge in [-0.25, -0.2) is 0 Å². The van der Waals surface area contributed by atoms with Crippen LogP contribution >= 0.6 is 15.9 Å². The minimum absolute atomic E-state index is 0.0167. The van der Waals surface area contributed by atoms with Gasteiger partial charge >= 0.3 is 0 Å². The molecular formula is C22H20BrNO2. The number of benzene rings is 3. The van der Waals surface area contributed by atoms with Crippen LogP contribution in [0.25, 0.3) is 0 Å². The van der Waals surface area contributed by atoms with Crippen molar-refractivity contribution < 1.29 is 9.53 Å². The highest BCUT2D eigenvalue weighted by Gasteiger charge is 2.17. The number of amides is 1. The van der Waals surface area contributed by atoms with Gasteiger partial charge in [0.15, 0.2) is 0 Å². The summed E-state index contributed by atoms with van der Waals surface area (Å²) in [6.45, 7) is 0. The van der Waals surface area contributed by atoms with Gasteiger partial charge in [-0.3, -0.25) is 4.79 Å². The Balaban J connectivity index is 1.81. The van der Waals surface area contributed by atoms with Crippen molar-refractivity contribution in [2.45, 2.75) is 12.5 Å². The molecule has 3 aromatic rings. The lowest BCUT2D eigenvalue weighted by Gasteiger charge is -2.20. The highest BCUT2D eigenvalue weighted by atomic mass is 79.9. The van der Waals surface area contributed by atoms with Crippen LogP contribution in [0.15, 0.2) is 83.3 Å². The molecule has 1 atom stereocenters. The first-order valence-electron chi connectivity index (χ1n) is 8.38. The van der Waals surface area contributed by atoms with Crippen LogP contribution in [-0.2, 0) is 11.2 Å². The van der Waals surface area contributed by atoms with Crippen LogP contribution in [0.5, 0.6) is 5.75 Å². The smallest absolute Gasteiger partial charge is 0.225 e. The van der Waals surface area contributed by atoms with Crippen molar-refractivity contribution in [2.75, 3.05) is 7.11 Å². The summed E-state index contributed by atoms with van der Waals surface area (Å²) < 4.78 is 6.24. The second-order valence-corrected chi connectivity index (χ2v) is 6.90. The molecule has 0 saturated heterocycles. The van der Waals surface area contributed by atoms with E-state index in [9.17, 15) is 4.79 Å². The minimum atomic E-state index is -0.204. The van der Waals surface area contributed by atoms with E-state index in [1.807, 2.05) is 78.9 Å². The number of carbonyl (C=O) groups is 1. The Hall–Kier alpha value is -2.59. The van der Waals surface area contributed by atoms with Gasteiger partial charge in [0.25, 0.3) is 0 Å². The van der Waals surface area contributed by atoms with Crippen molar-refractivity contribution in [3.05, 3.63) is 100 Å². The van der Waals surface area contributed by atoms with Gasteiger partial charge in [-0.2, -0.15) is 0 Å². The third kappa shape index (κ3) is 4.73. The summed E-state index contributed by atoms with van der Waals surface area (Å²) in [6, 6.07) is 25.3. The lowest BCUT2D eigenvalue weighted by Crippen LogP contribution is -2.30. The summed E-state index contributed by atoms with van der Waals surface area (Å²) in [5, 5.41) is 3.16. The Morgan fingerprint density at radius 1 is 0.923 bits per heavy atom. The van der Waals surface area contributed by atoms with Gasteiger partial charge in [-0.1, -0.05) is 70.5 Å². The topological polar surface area (TPSA) is 38.3 Å². The molecule has 4 heteroatoms. The molecule has 1 amide bonds. The molecule has 132 valence electrons. The van der Waals surface area contributed by atoms with E-state index >= 15 is 0 Å². The van der Waals surface area contributed by atoms with Gasteiger partial charge in [0.2, 0.25) is 5.91 Å². The third-order valence-corrected chi connectivity index (χ3v) is 4.69. The summed E-state index contributed by atoms with van der Waals surface area (Å²) in [6.07, 6.45) is 0.340. The largest absolute Gasteiger partial charge is 0.497 e. The highest BCUT2D eigenvalue weighted by Crippen LogP contribution is 2.24. The van der Waals surface area contributed by atoms with E-state index in [1.165, 1.54) is 0 Å². The Bertz CT molecular complexity index is 846. The average molecular weight is 410 g/mol. The first kappa shape index (κ1) is 18.2. The lowest BCUT2D eigenvalue weighted by atomic mass is 9.98. The molecule has 1 N–H and O–H groups in total. The molecule has 3 rings (SSSR count). The van der Waals surface area contributed by atoms with Crippen LogP contribution in [0.2, 0.25) is 0 Å². The molecule has 0 bridgehead atoms. The minimum Gasteiger partial charge on any atom is -0.497 e. The summed E-state index contributed by atoms with van der Waals surface area (Å²) >= 11 is 3.41. The van der Waals surface area contributed by atoms with Crippen molar-refractivity contribution >= 4 is 21.8 Å². The Morgan fingerprint density at radius 3 is 2.15 bits per heavy atom. The second-order valence-electron chi connectivity index (χ2n) is 5.99. The maximum Gasteiger partial charge on any atom is 0.225 e. The van der Waals surface area contributed by atoms with Crippen molar-refractivity contribution in [2.24, 2.45) is 0 Å². The highest BCUT2D eigenvalue weighted by molar-refractivity contribution is 9.10. The summed E-state index contributed by atoms with van der Waals surface area (Å²) in [5.74, 6) is 0.777. The SMILES string of the molecule is COc1ccc(C(NC(=O)Cc2ccc(Br)cc2)c2ccccc2)cc1. The van der Waals surface area contributed by atoms with E-state index in [1.54, 1.807) is 7.11 Å². The van der Waals surface area contributed by atoms with Crippen LogP contribution in [0, 0.1) is 0 Å². The van der Waals surface area contributed by atoms with E-state index in [-0.39, 0.29) is 11.9 Å². The van der Waals surface area contributed by atoms with Crippen LogP contribution in [-0.4, -0.2) is 13.0 Å². The second kappa shape index (κ2) is 8.68. The van der Waals surface area contributed by atoms with Crippen LogP contribution < -0.4 is 10.1 Å². The summed E-state index contributed by atoms with van der Waals surface area (Å²) in [4.78, 5) is 12.6. The molecule has 0 heterocycles. The van der Waals surface area contributed by atoms with Crippen molar-refractivity contribution in [3.63, 3.8) is 0 Å². The first-order chi connectivity index (χ1) is 12.7. The molecule has 0 spiro atoms. The van der Waals surface area contributed by atoms with Crippen molar-refractivity contribution in [3.8, 4) is 5.75 Å². The fourth-order valence-electron chi connectivity index (χ4n) is 2.80. The van der Waals surface area contributed by atoms with Gasteiger partial charge in [-0.15, -0.1) is 0 Å². The monoisotopic (exact) mass is 409 g/mol. The van der Waals surface area contributed by atoms with E-state index < -0.39 is 0 Å². The number of hydrogen-bond donors (Lipinski definition) is 1. The molecule has 3 aromatic carbocycles. The van der Waals surface area contributed by atoms with Crippen LogP contribution in [0.4, 0.5) is 0 Å². The standard InChI is InChI=1S/C22H20BrNO2/c1-26-20-13-9-18(10-14-20)22(17-5-3-2-4-6-17)24-21(25)15-16-7-11-19(23)12-8-16/h2-14,22H,15H2,1H3,(H,24,25). The number of hydrogen-bond acceptors (Lipinski definition) is 2. The fourth-order valence-corrected chi connectivity index (χ4v) is 3.06. The number of nitrogens with one attached hydrogen (secondary N) is 1. The summed E-state index contributed by atoms with van der Waals surface area (Å²) in [7, 11) is 1.64. The number of ether oxygens (including phenoxy) is 1. The van der Waals surface area contributed by atoms with Crippen LogP contribution in [0.3, 0.4) is 0 Å². The molecule has 0 aliphatic heterocycles. The maximum absolute atomic E-state index is 12.6. The van der Waals surface area contributed by atoms with Gasteiger partial charge in [0.1, 0.15) is 5.75 Å². The third-order valence-electron chi connectivity index (χ3n) is 4.17. The lowest BCUT2D eigenvalue weighted by molar-refractivity contribution is -0.120. The first-order valence-corrected chi connectivity index (χ1v) is 9.18. The van der Waals surface area contributed by atoms with Crippen LogP contribution in [0.1, 0.15) is 22.7 Å². The fraction of sp³-hybridized carbons (Fsp3) is 0.136. The molecule has 0 aliphatic carbocycles. The molecule has 0 aromatic heterocycles. The zero-order valence-electron chi connectivity index (χ0n) is 14.5. The molecule has 3 nitrogen and oxygen atoms in total. The number of methoxy groups -OCH3 is 1. The molecule has 0 aliphatic rings. The van der Waals surface area contributed by atoms with Crippen molar-refractivity contribution in [1.29, 1.82) is 0 Å². The predicted molar refractivity (Wildman–Crippen MR) is 107 cm³/mol. The van der Waals surface area contributed by atoms with E-state index in [0.717, 1.165) is 26.9 Å². The van der Waals surface area contributed by atoms with E-state index in [4.69, 9.17) is 4.74 Å². The zero-order valence-corrected chi connectivity index (χ0v) is 16.1. The Labute approximate surface area is 162 Å². The molecule has 0 radical (unpaired) electrons. The molecule has 0 saturated carbocycles. The average Bonchev–Trinajstić information content (AvgIpc) is 2.69. The maximum atomic E-state index is 12.6. The molecular weight excluding hydrogens is 390 g/mol. The number of halogens is 1. The van der Waals surface area contributed by atoms with Gasteiger partial charge in [0.05, 0.1) is 19.6 Å². The quantitative estimate of drug-likeness (QED) is 0.628. The Kier molecular flexibility index (Phi) is 6.08. The van der Waals surface area contributed by atoms with Crippen molar-refractivity contribution in [1.82, 2.24) is 5.32 Å². The zero-order chi connectivity index (χ0) is 18.4. The molecule has 1 unspecified atom stereocenters. The molecule has 0 fully saturated rings. The van der Waals surface area contributed by atoms with Gasteiger partial charge in [0, 0.05) is 4.47 Å². The van der Waals surface area contributed by atoms with E-state index in [2.05, 4.69) is 21.2 Å². The number of carbonyl (C=O) groups excluding carboxylic acids is 1. The summed E-state index contributed by atoms with van der Waals surface area (Å²) in [5.41, 5.74) is 3.04. The predicted octanol–water partition coefficient (Wildman–Crippen LogP) is 4.91. The Morgan fingerprint density at radius 2 is 1.54 bits per heavy atom. The van der Waals surface area contributed by atoms with Gasteiger partial charge < -0.3 is 10.1 Å². The normalized spacial score (nSPS) is 11.6. The number of rotatable bonds is 6. The van der Waals surface area contributed by atoms with Gasteiger partial charge in [-0.05, 0) is 41.0 Å². The van der Waals surface area contributed by atoms with E-state index in [0.29, 0.717) is 6.42 Å². The molecule has 26 heavy (non-hydrogen) atoms.